The molecule has 0 fully saturated rings. The molecule has 2 rings (SSSR count). The van der Waals surface area contributed by atoms with Crippen molar-refractivity contribution in [3.8, 4) is 12.1 Å². The Balaban J connectivity index is 2.49. The molecule has 0 saturated heterocycles. The molecule has 1 aromatic carbocycles. The van der Waals surface area contributed by atoms with E-state index in [1.54, 1.807) is 6.08 Å². The number of nitriles is 2. The summed E-state index contributed by atoms with van der Waals surface area (Å²) < 4.78 is 0. The van der Waals surface area contributed by atoms with Gasteiger partial charge in [-0.25, -0.2) is 0 Å². The van der Waals surface area contributed by atoms with Crippen LogP contribution >= 0.6 is 11.6 Å². The van der Waals surface area contributed by atoms with E-state index >= 15 is 0 Å². The minimum atomic E-state index is -0.412. The van der Waals surface area contributed by atoms with Crippen LogP contribution in [0.1, 0.15) is 25.0 Å². The average molecular weight is 310 g/mol. The largest absolute Gasteiger partial charge is 0.361 e. The highest BCUT2D eigenvalue weighted by Gasteiger charge is 2.26. The standard InChI is InChI=1S/C18H16ClN3/c1-11-4-6-14(7-5-11)18(19)8-15-16(9-20)12(2)22-13(3)17(15)10-21/h4-8,15,22H,1-3H3. The van der Waals surface area contributed by atoms with Gasteiger partial charge in [-0.05, 0) is 26.3 Å². The molecule has 0 saturated carbocycles. The number of benzene rings is 1. The summed E-state index contributed by atoms with van der Waals surface area (Å²) >= 11 is 6.41. The molecule has 0 spiro atoms. The first-order valence-corrected chi connectivity index (χ1v) is 7.28. The predicted octanol–water partition coefficient (Wildman–Crippen LogP) is 4.39. The van der Waals surface area contributed by atoms with E-state index in [4.69, 9.17) is 11.6 Å². The van der Waals surface area contributed by atoms with Gasteiger partial charge in [0.1, 0.15) is 0 Å². The monoisotopic (exact) mass is 309 g/mol. The lowest BCUT2D eigenvalue weighted by molar-refractivity contribution is 0.799. The number of hydrogen-bond donors (Lipinski definition) is 1. The topological polar surface area (TPSA) is 59.6 Å². The fraction of sp³-hybridized carbons (Fsp3) is 0.222. The molecule has 1 aliphatic rings. The number of rotatable bonds is 2. The SMILES string of the molecule is CC1=C(C#N)C(C=C(Cl)c2ccc(C)cc2)C(C#N)=C(C)N1. The smallest absolute Gasteiger partial charge is 0.0975 e. The van der Waals surface area contributed by atoms with Crippen LogP contribution in [-0.2, 0) is 0 Å². The van der Waals surface area contributed by atoms with E-state index in [-0.39, 0.29) is 0 Å². The zero-order chi connectivity index (χ0) is 16.3. The molecule has 0 aromatic heterocycles. The van der Waals surface area contributed by atoms with Crippen molar-refractivity contribution in [3.05, 3.63) is 64.0 Å². The fourth-order valence-electron chi connectivity index (χ4n) is 2.46. The molecule has 1 aliphatic heterocycles. The van der Waals surface area contributed by atoms with Crippen molar-refractivity contribution in [1.82, 2.24) is 5.32 Å². The maximum absolute atomic E-state index is 9.40. The Morgan fingerprint density at radius 2 is 1.55 bits per heavy atom. The summed E-state index contributed by atoms with van der Waals surface area (Å²) in [4.78, 5) is 0. The van der Waals surface area contributed by atoms with Gasteiger partial charge in [0.05, 0.1) is 29.2 Å². The van der Waals surface area contributed by atoms with E-state index in [0.29, 0.717) is 16.2 Å². The van der Waals surface area contributed by atoms with Crippen LogP contribution in [0, 0.1) is 35.5 Å². The lowest BCUT2D eigenvalue weighted by atomic mass is 9.86. The van der Waals surface area contributed by atoms with Gasteiger partial charge in [0.2, 0.25) is 0 Å². The molecule has 0 atom stereocenters. The van der Waals surface area contributed by atoms with Crippen molar-refractivity contribution in [1.29, 1.82) is 10.5 Å². The second-order valence-electron chi connectivity index (χ2n) is 5.28. The maximum atomic E-state index is 9.40. The van der Waals surface area contributed by atoms with Gasteiger partial charge in [-0.1, -0.05) is 47.5 Å². The van der Waals surface area contributed by atoms with Crippen molar-refractivity contribution in [2.75, 3.05) is 0 Å². The molecule has 0 amide bonds. The summed E-state index contributed by atoms with van der Waals surface area (Å²) in [6, 6.07) is 12.2. The van der Waals surface area contributed by atoms with Crippen LogP contribution in [0.4, 0.5) is 0 Å². The van der Waals surface area contributed by atoms with Crippen LogP contribution in [0.15, 0.2) is 52.9 Å². The third kappa shape index (κ3) is 3.06. The molecule has 0 bridgehead atoms. The Morgan fingerprint density at radius 1 is 1.05 bits per heavy atom. The Bertz CT molecular complexity index is 732. The van der Waals surface area contributed by atoms with E-state index in [0.717, 1.165) is 22.5 Å². The van der Waals surface area contributed by atoms with Crippen molar-refractivity contribution < 1.29 is 0 Å². The van der Waals surface area contributed by atoms with Crippen molar-refractivity contribution in [2.45, 2.75) is 20.8 Å². The Kier molecular flexibility index (Phi) is 4.71. The number of halogens is 1. The molecule has 0 aliphatic carbocycles. The van der Waals surface area contributed by atoms with Crippen molar-refractivity contribution >= 4 is 16.6 Å². The molecule has 1 N–H and O–H groups in total. The third-order valence-electron chi connectivity index (χ3n) is 3.69. The quantitative estimate of drug-likeness (QED) is 0.881. The lowest BCUT2D eigenvalue weighted by Gasteiger charge is -2.24. The van der Waals surface area contributed by atoms with Gasteiger partial charge in [-0.2, -0.15) is 10.5 Å². The molecular weight excluding hydrogens is 294 g/mol. The van der Waals surface area contributed by atoms with Crippen LogP contribution in [0.25, 0.3) is 5.03 Å². The van der Waals surface area contributed by atoms with Gasteiger partial charge in [0.25, 0.3) is 0 Å². The van der Waals surface area contributed by atoms with Gasteiger partial charge in [-0.15, -0.1) is 0 Å². The second-order valence-corrected chi connectivity index (χ2v) is 5.69. The van der Waals surface area contributed by atoms with E-state index in [2.05, 4.69) is 17.5 Å². The summed E-state index contributed by atoms with van der Waals surface area (Å²) in [5.41, 5.74) is 4.58. The number of aryl methyl sites for hydroxylation is 1. The van der Waals surface area contributed by atoms with E-state index < -0.39 is 5.92 Å². The number of nitrogens with zero attached hydrogens (tertiary/aromatic N) is 2. The second kappa shape index (κ2) is 6.52. The third-order valence-corrected chi connectivity index (χ3v) is 4.03. The van der Waals surface area contributed by atoms with Crippen molar-refractivity contribution in [3.63, 3.8) is 0 Å². The molecule has 3 nitrogen and oxygen atoms in total. The van der Waals surface area contributed by atoms with Gasteiger partial charge in [-0.3, -0.25) is 0 Å². The van der Waals surface area contributed by atoms with Crippen LogP contribution < -0.4 is 5.32 Å². The Hall–Kier alpha value is -2.49. The summed E-state index contributed by atoms with van der Waals surface area (Å²) in [5, 5.41) is 22.4. The molecule has 4 heteroatoms. The molecular formula is C18H16ClN3. The van der Waals surface area contributed by atoms with Crippen LogP contribution in [-0.4, -0.2) is 0 Å². The first-order valence-electron chi connectivity index (χ1n) is 6.91. The van der Waals surface area contributed by atoms with Crippen LogP contribution in [0.5, 0.6) is 0 Å². The zero-order valence-corrected chi connectivity index (χ0v) is 13.5. The summed E-state index contributed by atoms with van der Waals surface area (Å²) in [5.74, 6) is -0.412. The number of nitrogens with one attached hydrogen (secondary N) is 1. The van der Waals surface area contributed by atoms with Gasteiger partial charge >= 0.3 is 0 Å². The Morgan fingerprint density at radius 3 is 2.00 bits per heavy atom. The molecule has 1 heterocycles. The molecule has 0 radical (unpaired) electrons. The van der Waals surface area contributed by atoms with Crippen molar-refractivity contribution in [2.24, 2.45) is 5.92 Å². The fourth-order valence-corrected chi connectivity index (χ4v) is 2.71. The first kappa shape index (κ1) is 15.9. The average Bonchev–Trinajstić information content (AvgIpc) is 2.48. The molecule has 1 aromatic rings. The van der Waals surface area contributed by atoms with E-state index in [1.807, 2.05) is 45.0 Å². The van der Waals surface area contributed by atoms with Gasteiger partial charge in [0, 0.05) is 16.4 Å². The van der Waals surface area contributed by atoms with E-state index in [9.17, 15) is 10.5 Å². The zero-order valence-electron chi connectivity index (χ0n) is 12.7. The van der Waals surface area contributed by atoms with Crippen LogP contribution in [0.2, 0.25) is 0 Å². The Labute approximate surface area is 135 Å². The highest BCUT2D eigenvalue weighted by molar-refractivity contribution is 6.48. The molecule has 0 unspecified atom stereocenters. The van der Waals surface area contributed by atoms with E-state index in [1.165, 1.54) is 0 Å². The lowest BCUT2D eigenvalue weighted by Crippen LogP contribution is -2.23. The maximum Gasteiger partial charge on any atom is 0.0975 e. The number of hydrogen-bond acceptors (Lipinski definition) is 3. The highest BCUT2D eigenvalue weighted by Crippen LogP contribution is 2.33. The predicted molar refractivity (Wildman–Crippen MR) is 88.3 cm³/mol. The van der Waals surface area contributed by atoms with Gasteiger partial charge < -0.3 is 5.32 Å². The normalized spacial score (nSPS) is 16.2. The molecule has 110 valence electrons. The van der Waals surface area contributed by atoms with Gasteiger partial charge in [0.15, 0.2) is 0 Å². The van der Waals surface area contributed by atoms with Crippen LogP contribution in [0.3, 0.4) is 0 Å². The summed E-state index contributed by atoms with van der Waals surface area (Å²) in [6.45, 7) is 5.67. The first-order chi connectivity index (χ1) is 10.5. The number of allylic oxidation sites excluding steroid dienone is 5. The summed E-state index contributed by atoms with van der Waals surface area (Å²) in [6.07, 6.45) is 1.77. The highest BCUT2D eigenvalue weighted by atomic mass is 35.5. The minimum Gasteiger partial charge on any atom is -0.361 e. The minimum absolute atomic E-state index is 0.412. The molecule has 22 heavy (non-hydrogen) atoms. The summed E-state index contributed by atoms with van der Waals surface area (Å²) in [7, 11) is 0. The number of dihydropyridines is 1.